The molecule has 1 aliphatic carbocycles. The summed E-state index contributed by atoms with van der Waals surface area (Å²) in [5.41, 5.74) is 1.26. The number of nitrogens with zero attached hydrogens (tertiary/aromatic N) is 2. The van der Waals surface area contributed by atoms with Crippen molar-refractivity contribution >= 4 is 35.2 Å². The Hall–Kier alpha value is -3.01. The zero-order valence-electron chi connectivity index (χ0n) is 19.9. The van der Waals surface area contributed by atoms with Gasteiger partial charge in [0.05, 0.1) is 22.4 Å². The molecule has 184 valence electrons. The fourth-order valence-corrected chi connectivity index (χ4v) is 4.70. The van der Waals surface area contributed by atoms with Crippen molar-refractivity contribution in [3.63, 3.8) is 0 Å². The number of rotatable bonds is 10. The Labute approximate surface area is 203 Å². The predicted molar refractivity (Wildman–Crippen MR) is 134 cm³/mol. The number of hydrogen-bond donors (Lipinski definition) is 3. The van der Waals surface area contributed by atoms with E-state index in [4.69, 9.17) is 0 Å². The third-order valence-corrected chi connectivity index (χ3v) is 7.25. The first kappa shape index (κ1) is 25.6. The van der Waals surface area contributed by atoms with Crippen molar-refractivity contribution in [1.82, 2.24) is 20.0 Å². The van der Waals surface area contributed by atoms with E-state index in [2.05, 4.69) is 16.0 Å². The molecular weight excluding hydrogens is 454 g/mol. The number of carbonyl (C=O) groups excluding carboxylic acids is 3. The first-order valence-electron chi connectivity index (χ1n) is 11.6. The van der Waals surface area contributed by atoms with Crippen molar-refractivity contribution in [1.29, 1.82) is 0 Å². The summed E-state index contributed by atoms with van der Waals surface area (Å²) >= 11 is 1.19. The van der Waals surface area contributed by atoms with Crippen LogP contribution in [0.25, 0.3) is 5.69 Å². The molecule has 3 amide bonds. The summed E-state index contributed by atoms with van der Waals surface area (Å²) in [5.74, 6) is -0.271. The fourth-order valence-electron chi connectivity index (χ4n) is 3.98. The summed E-state index contributed by atoms with van der Waals surface area (Å²) in [6.45, 7) is 4.21. The normalized spacial score (nSPS) is 14.6. The van der Waals surface area contributed by atoms with Gasteiger partial charge in [-0.2, -0.15) is 0 Å². The maximum atomic E-state index is 12.9. The van der Waals surface area contributed by atoms with Crippen molar-refractivity contribution in [2.24, 2.45) is 13.0 Å². The van der Waals surface area contributed by atoms with Gasteiger partial charge in [0.25, 0.3) is 5.56 Å². The summed E-state index contributed by atoms with van der Waals surface area (Å²) in [5, 5.41) is 7.82. The van der Waals surface area contributed by atoms with E-state index in [1.54, 1.807) is 25.6 Å². The van der Waals surface area contributed by atoms with Gasteiger partial charge in [-0.15, -0.1) is 11.8 Å². The molecule has 34 heavy (non-hydrogen) atoms. The minimum atomic E-state index is -0.531. The highest BCUT2D eigenvalue weighted by Gasteiger charge is 2.23. The topological polar surface area (TPSA) is 114 Å². The molecule has 1 unspecified atom stereocenters. The number of benzene rings is 1. The molecule has 0 spiro atoms. The second-order valence-electron chi connectivity index (χ2n) is 8.50. The molecule has 1 atom stereocenters. The summed E-state index contributed by atoms with van der Waals surface area (Å²) in [6.07, 6.45) is 4.09. The molecule has 9 nitrogen and oxygen atoms in total. The lowest BCUT2D eigenvalue weighted by Crippen LogP contribution is -2.38. The third kappa shape index (κ3) is 6.31. The highest BCUT2D eigenvalue weighted by molar-refractivity contribution is 8.01. The van der Waals surface area contributed by atoms with Crippen LogP contribution in [0.1, 0.15) is 38.3 Å². The zero-order chi connectivity index (χ0) is 24.7. The quantitative estimate of drug-likeness (QED) is 0.444. The lowest BCUT2D eigenvalue weighted by Gasteiger charge is -2.12. The Kier molecular flexibility index (Phi) is 8.98. The van der Waals surface area contributed by atoms with Gasteiger partial charge < -0.3 is 16.0 Å². The maximum Gasteiger partial charge on any atom is 0.295 e. The Morgan fingerprint density at radius 2 is 1.74 bits per heavy atom. The Bertz CT molecular complexity index is 1070. The first-order valence-corrected chi connectivity index (χ1v) is 12.7. The number of nitrogens with one attached hydrogen (secondary N) is 3. The lowest BCUT2D eigenvalue weighted by molar-refractivity contribution is -0.125. The average Bonchev–Trinajstić information content (AvgIpc) is 3.44. The van der Waals surface area contributed by atoms with Gasteiger partial charge in [-0.1, -0.05) is 31.0 Å². The van der Waals surface area contributed by atoms with Crippen LogP contribution in [0.2, 0.25) is 0 Å². The molecular formula is C24H33N5O4S. The number of anilines is 1. The van der Waals surface area contributed by atoms with Crippen LogP contribution < -0.4 is 21.5 Å². The van der Waals surface area contributed by atoms with Crippen LogP contribution in [0.5, 0.6) is 0 Å². The van der Waals surface area contributed by atoms with Gasteiger partial charge in [-0.3, -0.25) is 23.9 Å². The van der Waals surface area contributed by atoms with E-state index in [-0.39, 0.29) is 40.6 Å². The molecule has 0 bridgehead atoms. The van der Waals surface area contributed by atoms with Gasteiger partial charge >= 0.3 is 0 Å². The van der Waals surface area contributed by atoms with E-state index >= 15 is 0 Å². The summed E-state index contributed by atoms with van der Waals surface area (Å²) < 4.78 is 3.20. The minimum Gasteiger partial charge on any atom is -0.354 e. The molecule has 0 radical (unpaired) electrons. The monoisotopic (exact) mass is 487 g/mol. The molecule has 0 saturated heterocycles. The summed E-state index contributed by atoms with van der Waals surface area (Å²) in [4.78, 5) is 49.7. The molecule has 1 aliphatic rings. The van der Waals surface area contributed by atoms with Crippen molar-refractivity contribution in [2.75, 3.05) is 24.2 Å². The molecule has 3 N–H and O–H groups in total. The maximum absolute atomic E-state index is 12.9. The zero-order valence-corrected chi connectivity index (χ0v) is 20.7. The number of hydrogen-bond acceptors (Lipinski definition) is 5. The second-order valence-corrected chi connectivity index (χ2v) is 9.83. The molecule has 1 fully saturated rings. The van der Waals surface area contributed by atoms with Gasteiger partial charge in [0.2, 0.25) is 17.7 Å². The van der Waals surface area contributed by atoms with E-state index in [9.17, 15) is 19.2 Å². The van der Waals surface area contributed by atoms with Crippen LogP contribution in [-0.2, 0) is 21.4 Å². The molecule has 1 aromatic carbocycles. The predicted octanol–water partition coefficient (Wildman–Crippen LogP) is 1.97. The van der Waals surface area contributed by atoms with E-state index in [0.29, 0.717) is 24.5 Å². The SMILES string of the molecule is Cc1c(NC(=O)C(C)SCC(=O)NCCNC(=O)C2CCCC2)c(=O)n(-c2ccccc2)n1C. The molecule has 10 heteroatoms. The van der Waals surface area contributed by atoms with E-state index in [1.807, 2.05) is 30.3 Å². The molecule has 1 aromatic heterocycles. The summed E-state index contributed by atoms with van der Waals surface area (Å²) in [7, 11) is 1.76. The Balaban J connectivity index is 1.45. The third-order valence-electron chi connectivity index (χ3n) is 6.11. The van der Waals surface area contributed by atoms with Gasteiger partial charge in [0.15, 0.2) is 0 Å². The fraction of sp³-hybridized carbons (Fsp3) is 0.500. The molecule has 0 aliphatic heterocycles. The van der Waals surface area contributed by atoms with E-state index < -0.39 is 5.25 Å². The van der Waals surface area contributed by atoms with Gasteiger partial charge in [-0.25, -0.2) is 4.68 Å². The average molecular weight is 488 g/mol. The van der Waals surface area contributed by atoms with Crippen LogP contribution in [-0.4, -0.2) is 51.2 Å². The van der Waals surface area contributed by atoms with Gasteiger partial charge in [-0.05, 0) is 38.8 Å². The van der Waals surface area contributed by atoms with Crippen molar-refractivity contribution in [3.05, 3.63) is 46.4 Å². The molecule has 3 rings (SSSR count). The van der Waals surface area contributed by atoms with Crippen molar-refractivity contribution in [2.45, 2.75) is 44.8 Å². The number of amides is 3. The number of para-hydroxylation sites is 1. The van der Waals surface area contributed by atoms with Crippen LogP contribution in [0.15, 0.2) is 35.1 Å². The standard InChI is InChI=1S/C24H33N5O4S/c1-16-21(24(33)29(28(16)3)19-11-5-4-6-12-19)27-22(31)17(2)34-15-20(30)25-13-14-26-23(32)18-9-7-8-10-18/h4-6,11-12,17-18H,7-10,13-15H2,1-3H3,(H,25,30)(H,26,32)(H,27,31). The van der Waals surface area contributed by atoms with E-state index in [1.165, 1.54) is 16.4 Å². The number of thioether (sulfide) groups is 1. The molecule has 1 heterocycles. The van der Waals surface area contributed by atoms with E-state index in [0.717, 1.165) is 25.7 Å². The van der Waals surface area contributed by atoms with Crippen molar-refractivity contribution in [3.8, 4) is 5.69 Å². The molecule has 2 aromatic rings. The second kappa shape index (κ2) is 11.9. The van der Waals surface area contributed by atoms with Crippen molar-refractivity contribution < 1.29 is 14.4 Å². The van der Waals surface area contributed by atoms with Gasteiger partial charge in [0, 0.05) is 26.1 Å². The highest BCUT2D eigenvalue weighted by atomic mass is 32.2. The summed E-state index contributed by atoms with van der Waals surface area (Å²) in [6, 6.07) is 9.20. The smallest absolute Gasteiger partial charge is 0.295 e. The van der Waals surface area contributed by atoms with Crippen LogP contribution in [0.3, 0.4) is 0 Å². The van der Waals surface area contributed by atoms with Crippen LogP contribution in [0.4, 0.5) is 5.69 Å². The Morgan fingerprint density at radius 1 is 1.09 bits per heavy atom. The lowest BCUT2D eigenvalue weighted by atomic mass is 10.1. The molecule has 1 saturated carbocycles. The largest absolute Gasteiger partial charge is 0.354 e. The first-order chi connectivity index (χ1) is 16.3. The van der Waals surface area contributed by atoms with Crippen LogP contribution >= 0.6 is 11.8 Å². The number of carbonyl (C=O) groups is 3. The van der Waals surface area contributed by atoms with Gasteiger partial charge in [0.1, 0.15) is 5.69 Å². The number of aromatic nitrogens is 2. The Morgan fingerprint density at radius 3 is 2.41 bits per heavy atom. The minimum absolute atomic E-state index is 0.0638. The van der Waals surface area contributed by atoms with Crippen LogP contribution in [0, 0.1) is 12.8 Å². The highest BCUT2D eigenvalue weighted by Crippen LogP contribution is 2.24.